The van der Waals surface area contributed by atoms with Gasteiger partial charge in [0.1, 0.15) is 12.1 Å². The van der Waals surface area contributed by atoms with Crippen LogP contribution in [0.3, 0.4) is 0 Å². The Labute approximate surface area is 182 Å². The number of carbonyl (C=O) groups excluding carboxylic acids is 3. The molecule has 0 saturated heterocycles. The molecule has 0 saturated carbocycles. The summed E-state index contributed by atoms with van der Waals surface area (Å²) in [6.07, 6.45) is 0.158. The Hall–Kier alpha value is -2.94. The van der Waals surface area contributed by atoms with E-state index in [0.717, 1.165) is 0 Å². The Kier molecular flexibility index (Phi) is 9.64. The summed E-state index contributed by atoms with van der Waals surface area (Å²) < 4.78 is 15.5. The molecule has 9 nitrogen and oxygen atoms in total. The molecule has 0 amide bonds. The molecule has 1 aromatic rings. The molecule has 0 fully saturated rings. The van der Waals surface area contributed by atoms with Crippen LogP contribution in [0.15, 0.2) is 18.2 Å². The maximum atomic E-state index is 12.2. The van der Waals surface area contributed by atoms with Gasteiger partial charge in [-0.05, 0) is 51.3 Å². The van der Waals surface area contributed by atoms with Crippen molar-refractivity contribution in [3.8, 4) is 11.5 Å². The van der Waals surface area contributed by atoms with E-state index >= 15 is 0 Å². The zero-order valence-electron chi connectivity index (χ0n) is 18.8. The van der Waals surface area contributed by atoms with Crippen molar-refractivity contribution >= 4 is 23.9 Å². The van der Waals surface area contributed by atoms with E-state index in [1.165, 1.54) is 26.0 Å². The third-order valence-electron chi connectivity index (χ3n) is 4.65. The average Bonchev–Trinajstić information content (AvgIpc) is 2.65. The molecule has 9 heteroatoms. The minimum absolute atomic E-state index is 0.0217. The zero-order chi connectivity index (χ0) is 23.8. The number of hydrogen-bond acceptors (Lipinski definition) is 8. The summed E-state index contributed by atoms with van der Waals surface area (Å²) in [5.74, 6) is -2.54. The Morgan fingerprint density at radius 1 is 1.06 bits per heavy atom. The minimum atomic E-state index is -1.09. The number of hydrogen-bond donors (Lipinski definition) is 2. The van der Waals surface area contributed by atoms with Crippen LogP contribution in [-0.2, 0) is 30.3 Å². The topological polar surface area (TPSA) is 128 Å². The first-order valence-electron chi connectivity index (χ1n) is 10.0. The average molecular weight is 437 g/mol. The molecule has 0 aliphatic rings. The maximum Gasteiger partial charge on any atom is 0.321 e. The van der Waals surface area contributed by atoms with E-state index in [0.29, 0.717) is 12.0 Å². The van der Waals surface area contributed by atoms with E-state index in [1.807, 2.05) is 6.92 Å². The molecular formula is C22H31NO8. The second-order valence-electron chi connectivity index (χ2n) is 7.92. The van der Waals surface area contributed by atoms with Crippen molar-refractivity contribution in [1.82, 2.24) is 5.32 Å². The van der Waals surface area contributed by atoms with E-state index in [-0.39, 0.29) is 30.4 Å². The second-order valence-corrected chi connectivity index (χ2v) is 7.92. The van der Waals surface area contributed by atoms with Crippen molar-refractivity contribution in [2.75, 3.05) is 6.54 Å². The molecule has 0 bridgehead atoms. The first-order valence-corrected chi connectivity index (χ1v) is 10.0. The standard InChI is InChI=1S/C22H31NO8/c1-7-22(5,6)21(28)29-13(2)12-23-17(20(26)27)10-16-8-9-18(30-14(3)24)19(11-16)31-15(4)25/h8-9,11,13,17,23H,7,10,12H2,1-6H3,(H,26,27)/t13?,17-/m0/s1. The molecule has 0 aliphatic heterocycles. The van der Waals surface area contributed by atoms with Crippen molar-refractivity contribution in [2.24, 2.45) is 5.41 Å². The third-order valence-corrected chi connectivity index (χ3v) is 4.65. The van der Waals surface area contributed by atoms with Gasteiger partial charge in [0.25, 0.3) is 0 Å². The molecular weight excluding hydrogens is 406 g/mol. The largest absolute Gasteiger partial charge is 0.480 e. The molecule has 2 atom stereocenters. The number of ether oxygens (including phenoxy) is 3. The first-order chi connectivity index (χ1) is 14.4. The van der Waals surface area contributed by atoms with Crippen LogP contribution in [0.25, 0.3) is 0 Å². The quantitative estimate of drug-likeness (QED) is 0.396. The van der Waals surface area contributed by atoms with Gasteiger partial charge in [-0.3, -0.25) is 19.2 Å². The highest BCUT2D eigenvalue weighted by molar-refractivity contribution is 5.76. The fourth-order valence-corrected chi connectivity index (χ4v) is 2.47. The number of carbonyl (C=O) groups is 4. The number of esters is 3. The SMILES string of the molecule is CCC(C)(C)C(=O)OC(C)CN[C@@H](Cc1ccc(OC(C)=O)c(OC(C)=O)c1)C(=O)O. The second kappa shape index (κ2) is 11.5. The molecule has 0 aliphatic carbocycles. The van der Waals surface area contributed by atoms with Gasteiger partial charge < -0.3 is 24.6 Å². The summed E-state index contributed by atoms with van der Waals surface area (Å²) in [6, 6.07) is 3.48. The number of carboxylic acid groups (broad SMARTS) is 1. The molecule has 172 valence electrons. The Balaban J connectivity index is 2.86. The van der Waals surface area contributed by atoms with E-state index in [1.54, 1.807) is 26.8 Å². The zero-order valence-corrected chi connectivity index (χ0v) is 18.8. The molecule has 1 rings (SSSR count). The summed E-state index contributed by atoms with van der Waals surface area (Å²) in [4.78, 5) is 46.4. The number of carboxylic acids is 1. The van der Waals surface area contributed by atoms with Gasteiger partial charge in [0, 0.05) is 20.4 Å². The molecule has 1 unspecified atom stereocenters. The predicted octanol–water partition coefficient (Wildman–Crippen LogP) is 2.49. The van der Waals surface area contributed by atoms with Gasteiger partial charge in [0.05, 0.1) is 5.41 Å². The van der Waals surface area contributed by atoms with Gasteiger partial charge in [-0.15, -0.1) is 0 Å². The summed E-state index contributed by atoms with van der Waals surface area (Å²) in [7, 11) is 0. The van der Waals surface area contributed by atoms with Crippen LogP contribution in [0.2, 0.25) is 0 Å². The fraction of sp³-hybridized carbons (Fsp3) is 0.545. The normalized spacial score (nSPS) is 13.1. The number of nitrogens with one attached hydrogen (secondary N) is 1. The van der Waals surface area contributed by atoms with Gasteiger partial charge in [-0.25, -0.2) is 0 Å². The van der Waals surface area contributed by atoms with E-state index in [4.69, 9.17) is 14.2 Å². The van der Waals surface area contributed by atoms with Gasteiger partial charge in [0.15, 0.2) is 11.5 Å². The lowest BCUT2D eigenvalue weighted by Crippen LogP contribution is -2.43. The lowest BCUT2D eigenvalue weighted by atomic mass is 9.90. The van der Waals surface area contributed by atoms with Crippen molar-refractivity contribution in [3.63, 3.8) is 0 Å². The smallest absolute Gasteiger partial charge is 0.321 e. The van der Waals surface area contributed by atoms with Crippen molar-refractivity contribution < 1.29 is 38.5 Å². The Bertz CT molecular complexity index is 818. The van der Waals surface area contributed by atoms with Gasteiger partial charge in [0.2, 0.25) is 0 Å². The van der Waals surface area contributed by atoms with Crippen molar-refractivity contribution in [2.45, 2.75) is 66.5 Å². The maximum absolute atomic E-state index is 12.2. The fourth-order valence-electron chi connectivity index (χ4n) is 2.47. The Morgan fingerprint density at radius 2 is 1.65 bits per heavy atom. The molecule has 0 aromatic heterocycles. The molecule has 31 heavy (non-hydrogen) atoms. The lowest BCUT2D eigenvalue weighted by Gasteiger charge is -2.24. The van der Waals surface area contributed by atoms with Gasteiger partial charge >= 0.3 is 23.9 Å². The molecule has 0 spiro atoms. The predicted molar refractivity (Wildman–Crippen MR) is 112 cm³/mol. The van der Waals surface area contributed by atoms with Crippen molar-refractivity contribution in [1.29, 1.82) is 0 Å². The molecule has 0 heterocycles. The van der Waals surface area contributed by atoms with E-state index in [2.05, 4.69) is 5.32 Å². The highest BCUT2D eigenvalue weighted by Crippen LogP contribution is 2.29. The summed E-state index contributed by atoms with van der Waals surface area (Å²) >= 11 is 0. The van der Waals surface area contributed by atoms with Crippen LogP contribution >= 0.6 is 0 Å². The van der Waals surface area contributed by atoms with Crippen LogP contribution < -0.4 is 14.8 Å². The van der Waals surface area contributed by atoms with Crippen molar-refractivity contribution in [3.05, 3.63) is 23.8 Å². The highest BCUT2D eigenvalue weighted by Gasteiger charge is 2.29. The number of aliphatic carboxylic acids is 1. The Morgan fingerprint density at radius 3 is 2.16 bits per heavy atom. The van der Waals surface area contributed by atoms with Crippen LogP contribution in [0.1, 0.15) is 53.5 Å². The van der Waals surface area contributed by atoms with Gasteiger partial charge in [-0.2, -0.15) is 0 Å². The van der Waals surface area contributed by atoms with E-state index < -0.39 is 35.5 Å². The minimum Gasteiger partial charge on any atom is -0.480 e. The highest BCUT2D eigenvalue weighted by atomic mass is 16.6. The third kappa shape index (κ3) is 8.75. The summed E-state index contributed by atoms with van der Waals surface area (Å²) in [5.41, 5.74) is -0.0686. The monoisotopic (exact) mass is 437 g/mol. The molecule has 0 radical (unpaired) electrons. The lowest BCUT2D eigenvalue weighted by molar-refractivity contribution is -0.158. The molecule has 1 aromatic carbocycles. The summed E-state index contributed by atoms with van der Waals surface area (Å²) in [5, 5.41) is 12.4. The number of rotatable bonds is 11. The first kappa shape index (κ1) is 26.1. The van der Waals surface area contributed by atoms with Gasteiger partial charge in [-0.1, -0.05) is 13.0 Å². The van der Waals surface area contributed by atoms with Crippen LogP contribution in [0, 0.1) is 5.41 Å². The van der Waals surface area contributed by atoms with Crippen LogP contribution in [0.4, 0.5) is 0 Å². The van der Waals surface area contributed by atoms with Crippen LogP contribution in [-0.4, -0.2) is 47.7 Å². The number of benzene rings is 1. The molecule has 2 N–H and O–H groups in total. The van der Waals surface area contributed by atoms with Crippen LogP contribution in [0.5, 0.6) is 11.5 Å². The van der Waals surface area contributed by atoms with E-state index in [9.17, 15) is 24.3 Å². The summed E-state index contributed by atoms with van der Waals surface area (Å²) in [6.45, 7) is 9.71.